The maximum atomic E-state index is 12.6. The molecule has 3 aromatic rings. The Labute approximate surface area is 160 Å². The van der Waals surface area contributed by atoms with Crippen molar-refractivity contribution in [2.24, 2.45) is 0 Å². The molecule has 1 aliphatic rings. The molecule has 0 spiro atoms. The summed E-state index contributed by atoms with van der Waals surface area (Å²) in [6, 6.07) is 6.36. The van der Waals surface area contributed by atoms with Gasteiger partial charge in [-0.15, -0.1) is 0 Å². The van der Waals surface area contributed by atoms with Crippen molar-refractivity contribution in [1.82, 2.24) is 20.1 Å². The zero-order chi connectivity index (χ0) is 19.8. The molecule has 3 heterocycles. The van der Waals surface area contributed by atoms with Crippen LogP contribution in [-0.4, -0.2) is 44.3 Å². The molecule has 0 bridgehead atoms. The van der Waals surface area contributed by atoms with E-state index in [0.717, 1.165) is 23.9 Å². The minimum absolute atomic E-state index is 0.271. The van der Waals surface area contributed by atoms with Crippen LogP contribution in [0.4, 0.5) is 5.69 Å². The summed E-state index contributed by atoms with van der Waals surface area (Å²) in [7, 11) is 0. The van der Waals surface area contributed by atoms with Crippen molar-refractivity contribution in [3.05, 3.63) is 52.8 Å². The molecule has 0 saturated carbocycles. The van der Waals surface area contributed by atoms with E-state index in [1.165, 1.54) is 23.2 Å². The number of rotatable bonds is 5. The first-order valence-corrected chi connectivity index (χ1v) is 9.12. The van der Waals surface area contributed by atoms with Gasteiger partial charge in [0, 0.05) is 23.2 Å². The second-order valence-corrected chi connectivity index (χ2v) is 6.77. The van der Waals surface area contributed by atoms with Crippen LogP contribution in [0.2, 0.25) is 0 Å². The highest BCUT2D eigenvalue weighted by molar-refractivity contribution is 6.22. The van der Waals surface area contributed by atoms with E-state index in [-0.39, 0.29) is 23.3 Å². The van der Waals surface area contributed by atoms with Gasteiger partial charge in [0.05, 0.1) is 23.0 Å². The third-order valence-electron chi connectivity index (χ3n) is 4.83. The number of aromatic nitrogens is 3. The highest BCUT2D eigenvalue weighted by Gasteiger charge is 2.35. The lowest BCUT2D eigenvalue weighted by Crippen LogP contribution is -2.30. The number of hydrogen-bond donors (Lipinski definition) is 2. The predicted octanol–water partition coefficient (Wildman–Crippen LogP) is 2.91. The molecule has 2 aromatic heterocycles. The molecule has 28 heavy (non-hydrogen) atoms. The van der Waals surface area contributed by atoms with Gasteiger partial charge in [-0.2, -0.15) is 5.10 Å². The van der Waals surface area contributed by atoms with E-state index in [1.54, 1.807) is 12.1 Å². The van der Waals surface area contributed by atoms with Crippen molar-refractivity contribution in [2.45, 2.75) is 26.7 Å². The number of aromatic amines is 1. The van der Waals surface area contributed by atoms with Gasteiger partial charge in [-0.25, -0.2) is 4.98 Å². The van der Waals surface area contributed by atoms with E-state index in [0.29, 0.717) is 29.0 Å². The molecule has 0 aliphatic carbocycles. The lowest BCUT2D eigenvalue weighted by atomic mass is 10.1. The molecule has 0 atom stereocenters. The number of amides is 3. The van der Waals surface area contributed by atoms with E-state index in [2.05, 4.69) is 20.5 Å². The Bertz CT molecular complexity index is 1120. The topological polar surface area (TPSA) is 108 Å². The second kappa shape index (κ2) is 6.88. The summed E-state index contributed by atoms with van der Waals surface area (Å²) in [6.45, 7) is 4.26. The van der Waals surface area contributed by atoms with Gasteiger partial charge in [-0.1, -0.05) is 13.3 Å². The number of H-pyrrole nitrogens is 1. The summed E-state index contributed by atoms with van der Waals surface area (Å²) >= 11 is 0. The first kappa shape index (κ1) is 17.8. The number of pyridine rings is 1. The van der Waals surface area contributed by atoms with Gasteiger partial charge < -0.3 is 5.32 Å². The van der Waals surface area contributed by atoms with E-state index in [9.17, 15) is 14.4 Å². The SMILES string of the molecule is CCCCN1C(=O)c2ccc(C(=O)Nc3cnc4n[nH]c(C)c4c3)cc2C1=O. The first-order valence-electron chi connectivity index (χ1n) is 9.12. The fraction of sp³-hybridized carbons (Fsp3) is 0.250. The molecule has 8 heteroatoms. The second-order valence-electron chi connectivity index (χ2n) is 6.77. The molecule has 1 aromatic carbocycles. The third-order valence-corrected chi connectivity index (χ3v) is 4.83. The van der Waals surface area contributed by atoms with E-state index in [4.69, 9.17) is 0 Å². The molecule has 0 fully saturated rings. The molecule has 3 amide bonds. The summed E-state index contributed by atoms with van der Waals surface area (Å²) in [5.74, 6) is -1.02. The Kier molecular flexibility index (Phi) is 4.38. The van der Waals surface area contributed by atoms with Crippen molar-refractivity contribution < 1.29 is 14.4 Å². The number of nitrogens with zero attached hydrogens (tertiary/aromatic N) is 3. The van der Waals surface area contributed by atoms with Crippen molar-refractivity contribution in [1.29, 1.82) is 0 Å². The monoisotopic (exact) mass is 377 g/mol. The minimum atomic E-state index is -0.377. The summed E-state index contributed by atoms with van der Waals surface area (Å²) in [5.41, 5.74) is 2.87. The molecule has 4 rings (SSSR count). The van der Waals surface area contributed by atoms with Crippen molar-refractivity contribution in [3.8, 4) is 0 Å². The average Bonchev–Trinajstić information content (AvgIpc) is 3.18. The number of benzene rings is 1. The third kappa shape index (κ3) is 2.92. The van der Waals surface area contributed by atoms with Crippen LogP contribution < -0.4 is 5.32 Å². The smallest absolute Gasteiger partial charge is 0.261 e. The molecule has 2 N–H and O–H groups in total. The number of fused-ring (bicyclic) bond motifs is 2. The molecular formula is C20H19N5O3. The molecule has 8 nitrogen and oxygen atoms in total. The van der Waals surface area contributed by atoms with Crippen LogP contribution in [0.1, 0.15) is 56.5 Å². The van der Waals surface area contributed by atoms with Gasteiger partial charge >= 0.3 is 0 Å². The molecule has 0 radical (unpaired) electrons. The van der Waals surface area contributed by atoms with E-state index >= 15 is 0 Å². The van der Waals surface area contributed by atoms with Gasteiger partial charge in [-0.05, 0) is 37.6 Å². The number of nitrogens with one attached hydrogen (secondary N) is 2. The number of imide groups is 1. The number of carbonyl (C=O) groups is 3. The lowest BCUT2D eigenvalue weighted by Gasteiger charge is -2.12. The quantitative estimate of drug-likeness (QED) is 0.665. The standard InChI is InChI=1S/C20H19N5O3/c1-3-4-7-25-19(27)14-6-5-12(8-16(14)20(25)28)18(26)22-13-9-15-11(2)23-24-17(15)21-10-13/h5-6,8-10H,3-4,7H2,1-2H3,(H,22,26)(H,21,23,24). The van der Waals surface area contributed by atoms with Gasteiger partial charge in [0.25, 0.3) is 17.7 Å². The highest BCUT2D eigenvalue weighted by atomic mass is 16.2. The number of aryl methyl sites for hydroxylation is 1. The summed E-state index contributed by atoms with van der Waals surface area (Å²) in [5, 5.41) is 10.5. The Morgan fingerprint density at radius 1 is 1.18 bits per heavy atom. The van der Waals surface area contributed by atoms with Crippen LogP contribution in [0.15, 0.2) is 30.5 Å². The van der Waals surface area contributed by atoms with Crippen LogP contribution >= 0.6 is 0 Å². The molecule has 0 saturated heterocycles. The lowest BCUT2D eigenvalue weighted by molar-refractivity contribution is 0.0652. The summed E-state index contributed by atoms with van der Waals surface area (Å²) < 4.78 is 0. The maximum absolute atomic E-state index is 12.6. The zero-order valence-corrected chi connectivity index (χ0v) is 15.6. The van der Waals surface area contributed by atoms with Crippen molar-refractivity contribution in [2.75, 3.05) is 11.9 Å². The molecule has 142 valence electrons. The first-order chi connectivity index (χ1) is 13.5. The minimum Gasteiger partial charge on any atom is -0.321 e. The van der Waals surface area contributed by atoms with Crippen molar-refractivity contribution in [3.63, 3.8) is 0 Å². The number of anilines is 1. The Morgan fingerprint density at radius 3 is 2.75 bits per heavy atom. The Hall–Kier alpha value is -3.55. The van der Waals surface area contributed by atoms with Gasteiger partial charge in [0.2, 0.25) is 0 Å². The molecule has 0 unspecified atom stereocenters. The molecular weight excluding hydrogens is 358 g/mol. The Morgan fingerprint density at radius 2 is 1.96 bits per heavy atom. The zero-order valence-electron chi connectivity index (χ0n) is 15.6. The van der Waals surface area contributed by atoms with Crippen LogP contribution in [0.25, 0.3) is 11.0 Å². The summed E-state index contributed by atoms with van der Waals surface area (Å²) in [6.07, 6.45) is 3.16. The fourth-order valence-corrected chi connectivity index (χ4v) is 3.24. The average molecular weight is 377 g/mol. The Balaban J connectivity index is 1.58. The molecule has 1 aliphatic heterocycles. The van der Waals surface area contributed by atoms with Crippen molar-refractivity contribution >= 4 is 34.4 Å². The van der Waals surface area contributed by atoms with Gasteiger partial charge in [0.15, 0.2) is 5.65 Å². The number of carbonyl (C=O) groups excluding carboxylic acids is 3. The van der Waals surface area contributed by atoms with E-state index in [1.807, 2.05) is 13.8 Å². The largest absolute Gasteiger partial charge is 0.321 e. The predicted molar refractivity (Wildman–Crippen MR) is 103 cm³/mol. The summed E-state index contributed by atoms with van der Waals surface area (Å²) in [4.78, 5) is 43.0. The fourth-order valence-electron chi connectivity index (χ4n) is 3.24. The number of hydrogen-bond acceptors (Lipinski definition) is 5. The normalized spacial score (nSPS) is 13.3. The van der Waals surface area contributed by atoms with Crippen LogP contribution in [0.5, 0.6) is 0 Å². The number of unbranched alkanes of at least 4 members (excludes halogenated alkanes) is 1. The van der Waals surface area contributed by atoms with Gasteiger partial charge in [0.1, 0.15) is 0 Å². The van der Waals surface area contributed by atoms with Crippen LogP contribution in [0, 0.1) is 6.92 Å². The van der Waals surface area contributed by atoms with Crippen LogP contribution in [0.3, 0.4) is 0 Å². The van der Waals surface area contributed by atoms with Crippen LogP contribution in [-0.2, 0) is 0 Å². The van der Waals surface area contributed by atoms with Gasteiger partial charge in [-0.3, -0.25) is 24.4 Å². The maximum Gasteiger partial charge on any atom is 0.261 e. The highest BCUT2D eigenvalue weighted by Crippen LogP contribution is 2.25. The van der Waals surface area contributed by atoms with E-state index < -0.39 is 0 Å².